The lowest BCUT2D eigenvalue weighted by Gasteiger charge is -2.35. The maximum absolute atomic E-state index is 14.7. The highest BCUT2D eigenvalue weighted by Gasteiger charge is 2.37. The molecule has 1 aliphatic rings. The topological polar surface area (TPSA) is 131 Å². The summed E-state index contributed by atoms with van der Waals surface area (Å²) < 4.78 is 16.6. The van der Waals surface area contributed by atoms with Crippen molar-refractivity contribution in [1.82, 2.24) is 19.5 Å². The molecular formula is C22H26Cl2FN7O2. The van der Waals surface area contributed by atoms with Gasteiger partial charge in [0.2, 0.25) is 17.8 Å². The van der Waals surface area contributed by atoms with Gasteiger partial charge in [-0.25, -0.2) is 14.4 Å². The molecule has 12 heteroatoms. The Morgan fingerprint density at radius 1 is 1.35 bits per heavy atom. The number of hydrogen-bond acceptors (Lipinski definition) is 7. The number of halogens is 3. The summed E-state index contributed by atoms with van der Waals surface area (Å²) in [6, 6.07) is 2.28. The van der Waals surface area contributed by atoms with Crippen LogP contribution in [0.1, 0.15) is 45.6 Å². The number of anilines is 3. The molecule has 0 aliphatic heterocycles. The molecule has 0 radical (unpaired) electrons. The van der Waals surface area contributed by atoms with E-state index in [9.17, 15) is 14.3 Å². The molecule has 2 heterocycles. The molecule has 9 nitrogen and oxygen atoms in total. The van der Waals surface area contributed by atoms with E-state index >= 15 is 0 Å². The van der Waals surface area contributed by atoms with Gasteiger partial charge >= 0.3 is 0 Å². The highest BCUT2D eigenvalue weighted by atomic mass is 35.5. The zero-order valence-corrected chi connectivity index (χ0v) is 20.3. The summed E-state index contributed by atoms with van der Waals surface area (Å²) in [6.45, 7) is 3.59. The van der Waals surface area contributed by atoms with Crippen LogP contribution in [0.25, 0.3) is 11.2 Å². The predicted molar refractivity (Wildman–Crippen MR) is 130 cm³/mol. The van der Waals surface area contributed by atoms with Crippen molar-refractivity contribution in [3.05, 3.63) is 34.2 Å². The van der Waals surface area contributed by atoms with Gasteiger partial charge in [-0.2, -0.15) is 4.98 Å². The molecule has 34 heavy (non-hydrogen) atoms. The Hall–Kier alpha value is -2.69. The fourth-order valence-corrected chi connectivity index (χ4v) is 4.69. The largest absolute Gasteiger partial charge is 0.394 e. The second kappa shape index (κ2) is 9.52. The third kappa shape index (κ3) is 4.75. The van der Waals surface area contributed by atoms with Crippen LogP contribution < -0.4 is 16.4 Å². The molecule has 1 amide bonds. The average Bonchev–Trinajstić information content (AvgIpc) is 3.14. The lowest BCUT2D eigenvalue weighted by Crippen LogP contribution is -2.38. The number of carbonyl (C=O) groups is 1. The molecule has 0 saturated heterocycles. The number of rotatable bonds is 7. The molecule has 2 aromatic heterocycles. The number of carbonyl (C=O) groups excluding carboxylic acids is 1. The highest BCUT2D eigenvalue weighted by molar-refractivity contribution is 6.36. The van der Waals surface area contributed by atoms with Crippen molar-refractivity contribution in [2.24, 2.45) is 11.1 Å². The number of fused-ring (bicyclic) bond motifs is 1. The number of amides is 1. The van der Waals surface area contributed by atoms with Crippen LogP contribution in [-0.2, 0) is 4.79 Å². The van der Waals surface area contributed by atoms with Gasteiger partial charge in [-0.05, 0) is 44.7 Å². The normalized spacial score (nSPS) is 21.4. The fraction of sp³-hybridized carbons (Fsp3) is 0.455. The molecule has 0 spiro atoms. The van der Waals surface area contributed by atoms with Crippen LogP contribution in [0.5, 0.6) is 0 Å². The maximum Gasteiger partial charge on any atom is 0.225 e. The van der Waals surface area contributed by atoms with Crippen molar-refractivity contribution in [3.63, 3.8) is 0 Å². The van der Waals surface area contributed by atoms with Gasteiger partial charge < -0.3 is 21.5 Å². The minimum absolute atomic E-state index is 0.0422. The average molecular weight is 510 g/mol. The summed E-state index contributed by atoms with van der Waals surface area (Å²) in [6.07, 6.45) is 4.05. The number of nitrogens with one attached hydrogen (secondary N) is 2. The van der Waals surface area contributed by atoms with Gasteiger partial charge in [-0.1, -0.05) is 30.1 Å². The standard InChI is InChI=1S/C22H26Cl2FN7O2/c1-11(10-33)28-20-27-9-16-18(31-20)32(13-3-5-22(2,6-4-13)19(26)34)21(29-16)30-17-14(24)7-12(23)8-15(17)25/h7-9,11,13,33H,3-6,10H2,1-2H3,(H2,26,34)(H,29,30)(H,27,28,31)/t11-,13-,22+/m0/s1. The van der Waals surface area contributed by atoms with Crippen molar-refractivity contribution in [2.75, 3.05) is 17.2 Å². The molecule has 3 aromatic rings. The van der Waals surface area contributed by atoms with Crippen molar-refractivity contribution >= 4 is 57.9 Å². The molecular weight excluding hydrogens is 484 g/mol. The monoisotopic (exact) mass is 509 g/mol. The summed E-state index contributed by atoms with van der Waals surface area (Å²) in [5.74, 6) is -0.268. The van der Waals surface area contributed by atoms with E-state index in [2.05, 4.69) is 25.6 Å². The quantitative estimate of drug-likeness (QED) is 0.370. The van der Waals surface area contributed by atoms with Gasteiger partial charge in [-0.15, -0.1) is 0 Å². The van der Waals surface area contributed by atoms with Gasteiger partial charge in [-0.3, -0.25) is 9.36 Å². The van der Waals surface area contributed by atoms with Crippen molar-refractivity contribution in [2.45, 2.75) is 51.6 Å². The third-order valence-corrected chi connectivity index (χ3v) is 6.86. The van der Waals surface area contributed by atoms with Gasteiger partial charge in [0, 0.05) is 22.5 Å². The Kier molecular flexibility index (Phi) is 6.84. The van der Waals surface area contributed by atoms with Crippen LogP contribution in [0.3, 0.4) is 0 Å². The first-order chi connectivity index (χ1) is 16.1. The number of imidazole rings is 1. The number of benzene rings is 1. The molecule has 1 saturated carbocycles. The highest BCUT2D eigenvalue weighted by Crippen LogP contribution is 2.43. The number of primary amides is 1. The fourth-order valence-electron chi connectivity index (χ4n) is 4.18. The van der Waals surface area contributed by atoms with Crippen LogP contribution in [0.4, 0.5) is 22.0 Å². The number of aliphatic hydroxyl groups excluding tert-OH is 1. The summed E-state index contributed by atoms with van der Waals surface area (Å²) in [5.41, 5.74) is 6.12. The lowest BCUT2D eigenvalue weighted by molar-refractivity contribution is -0.128. The zero-order valence-electron chi connectivity index (χ0n) is 18.8. The third-order valence-electron chi connectivity index (χ3n) is 6.34. The Balaban J connectivity index is 1.78. The minimum Gasteiger partial charge on any atom is -0.394 e. The van der Waals surface area contributed by atoms with Crippen LogP contribution in [0.15, 0.2) is 18.3 Å². The van der Waals surface area contributed by atoms with Crippen molar-refractivity contribution in [3.8, 4) is 0 Å². The Morgan fingerprint density at radius 3 is 2.68 bits per heavy atom. The number of hydrogen-bond donors (Lipinski definition) is 4. The zero-order chi connectivity index (χ0) is 24.6. The van der Waals surface area contributed by atoms with E-state index in [1.165, 1.54) is 12.1 Å². The summed E-state index contributed by atoms with van der Waals surface area (Å²) in [7, 11) is 0. The van der Waals surface area contributed by atoms with Crippen molar-refractivity contribution < 1.29 is 14.3 Å². The Bertz CT molecular complexity index is 1200. The number of nitrogens with two attached hydrogens (primary N) is 1. The first-order valence-corrected chi connectivity index (χ1v) is 11.7. The Morgan fingerprint density at radius 2 is 2.06 bits per heavy atom. The van der Waals surface area contributed by atoms with Gasteiger partial charge in [0.1, 0.15) is 11.3 Å². The molecule has 4 rings (SSSR count). The van der Waals surface area contributed by atoms with Crippen LogP contribution in [-0.4, -0.2) is 43.2 Å². The number of aromatic nitrogens is 4. The van der Waals surface area contributed by atoms with Crippen LogP contribution >= 0.6 is 23.2 Å². The van der Waals surface area contributed by atoms with Crippen LogP contribution in [0.2, 0.25) is 10.0 Å². The molecule has 1 aromatic carbocycles. The lowest BCUT2D eigenvalue weighted by atomic mass is 9.73. The molecule has 1 fully saturated rings. The van der Waals surface area contributed by atoms with E-state index in [1.54, 1.807) is 13.1 Å². The molecule has 0 bridgehead atoms. The van der Waals surface area contributed by atoms with E-state index in [4.69, 9.17) is 28.9 Å². The minimum atomic E-state index is -0.619. The van der Waals surface area contributed by atoms with E-state index in [-0.39, 0.29) is 40.3 Å². The molecule has 1 atom stereocenters. The van der Waals surface area contributed by atoms with Crippen molar-refractivity contribution in [1.29, 1.82) is 0 Å². The summed E-state index contributed by atoms with van der Waals surface area (Å²) in [4.78, 5) is 25.4. The maximum atomic E-state index is 14.7. The number of aliphatic hydroxyl groups is 1. The SMILES string of the molecule is C[C@@H](CO)Nc1ncc2nc(Nc3c(F)cc(Cl)cc3Cl)n([C@H]3CC[C@@](C)(C(N)=O)CC3)c2n1. The molecule has 182 valence electrons. The van der Waals surface area contributed by atoms with Gasteiger partial charge in [0.15, 0.2) is 5.65 Å². The van der Waals surface area contributed by atoms with Gasteiger partial charge in [0.25, 0.3) is 0 Å². The van der Waals surface area contributed by atoms with E-state index < -0.39 is 11.2 Å². The Labute approximate surface area is 205 Å². The van der Waals surface area contributed by atoms with E-state index in [1.807, 2.05) is 11.5 Å². The second-order valence-electron chi connectivity index (χ2n) is 8.96. The molecule has 5 N–H and O–H groups in total. The number of nitrogens with zero attached hydrogens (tertiary/aromatic N) is 4. The first-order valence-electron chi connectivity index (χ1n) is 10.9. The van der Waals surface area contributed by atoms with E-state index in [0.717, 1.165) is 0 Å². The van der Waals surface area contributed by atoms with Crippen LogP contribution in [0, 0.1) is 11.2 Å². The molecule has 1 aliphatic carbocycles. The summed E-state index contributed by atoms with van der Waals surface area (Å²) >= 11 is 12.2. The first kappa shape index (κ1) is 24.4. The smallest absolute Gasteiger partial charge is 0.225 e. The van der Waals surface area contributed by atoms with Gasteiger partial charge in [0.05, 0.1) is 23.5 Å². The van der Waals surface area contributed by atoms with E-state index in [0.29, 0.717) is 48.7 Å². The predicted octanol–water partition coefficient (Wildman–Crippen LogP) is 4.42. The summed E-state index contributed by atoms with van der Waals surface area (Å²) in [5, 5.41) is 15.7. The second-order valence-corrected chi connectivity index (χ2v) is 9.80. The molecule has 0 unspecified atom stereocenters.